The minimum absolute atomic E-state index is 0.263. The zero-order chi connectivity index (χ0) is 25.3. The molecule has 2 aromatic heterocycles. The number of hydrogen-bond acceptors (Lipinski definition) is 7. The molecule has 0 bridgehead atoms. The second-order valence-electron chi connectivity index (χ2n) is 9.56. The maximum atomic E-state index is 13.4. The molecular weight excluding hydrogens is 459 g/mol. The van der Waals surface area contributed by atoms with Crippen LogP contribution in [-0.4, -0.2) is 44.3 Å². The number of carbonyl (C=O) groups excluding carboxylic acids is 2. The van der Waals surface area contributed by atoms with Crippen molar-refractivity contribution in [2.75, 3.05) is 17.2 Å². The van der Waals surface area contributed by atoms with Gasteiger partial charge in [-0.15, -0.1) is 0 Å². The van der Waals surface area contributed by atoms with Gasteiger partial charge in [-0.05, 0) is 51.3 Å². The largest absolute Gasteiger partial charge is 0.366 e. The topological polar surface area (TPSA) is 100 Å². The molecule has 5 rings (SSSR count). The van der Waals surface area contributed by atoms with Gasteiger partial charge in [-0.25, -0.2) is 9.97 Å². The Bertz CT molecular complexity index is 1370. The first-order valence-corrected chi connectivity index (χ1v) is 11.8. The third-order valence-electron chi connectivity index (χ3n) is 6.06. The fourth-order valence-electron chi connectivity index (χ4n) is 3.81. The lowest BCUT2D eigenvalue weighted by atomic mass is 9.89. The molecule has 0 saturated heterocycles. The summed E-state index contributed by atoms with van der Waals surface area (Å²) in [6.45, 7) is 4.23. The molecule has 3 aromatic rings. The Kier molecular flexibility index (Phi) is 6.10. The van der Waals surface area contributed by atoms with E-state index in [1.54, 1.807) is 36.5 Å². The molecule has 1 aliphatic carbocycles. The fraction of sp³-hybridized carbons (Fsp3) is 0.296. The Morgan fingerprint density at radius 1 is 1.11 bits per heavy atom. The SMILES string of the molecule is CC(C)(C#Cc1cnc(Nc2ccnc(F)c2)nc1NC1CC1)CCN1C(=O)c2ccccc2C1=O. The summed E-state index contributed by atoms with van der Waals surface area (Å²) >= 11 is 0. The van der Waals surface area contributed by atoms with Gasteiger partial charge in [-0.1, -0.05) is 24.0 Å². The molecule has 36 heavy (non-hydrogen) atoms. The van der Waals surface area contributed by atoms with Gasteiger partial charge in [0.25, 0.3) is 11.8 Å². The molecule has 2 aliphatic rings. The number of fused-ring (bicyclic) bond motifs is 1. The Balaban J connectivity index is 1.30. The van der Waals surface area contributed by atoms with Crippen LogP contribution in [0.3, 0.4) is 0 Å². The van der Waals surface area contributed by atoms with E-state index in [2.05, 4.69) is 37.4 Å². The zero-order valence-electron chi connectivity index (χ0n) is 20.0. The molecule has 182 valence electrons. The number of nitrogens with zero attached hydrogens (tertiary/aromatic N) is 4. The number of imide groups is 1. The predicted molar refractivity (Wildman–Crippen MR) is 133 cm³/mol. The number of nitrogens with one attached hydrogen (secondary N) is 2. The summed E-state index contributed by atoms with van der Waals surface area (Å²) in [5.41, 5.74) is 1.55. The predicted octanol–water partition coefficient (Wildman–Crippen LogP) is 4.39. The van der Waals surface area contributed by atoms with Gasteiger partial charge in [-0.2, -0.15) is 9.37 Å². The van der Waals surface area contributed by atoms with E-state index in [0.29, 0.717) is 46.6 Å². The minimum Gasteiger partial charge on any atom is -0.366 e. The Morgan fingerprint density at radius 2 is 1.83 bits per heavy atom. The highest BCUT2D eigenvalue weighted by Gasteiger charge is 2.35. The molecule has 0 atom stereocenters. The van der Waals surface area contributed by atoms with Gasteiger partial charge in [-0.3, -0.25) is 14.5 Å². The lowest BCUT2D eigenvalue weighted by Crippen LogP contribution is -2.33. The average molecular weight is 485 g/mol. The molecule has 1 saturated carbocycles. The van der Waals surface area contributed by atoms with Crippen LogP contribution in [0.4, 0.5) is 21.8 Å². The smallest absolute Gasteiger partial charge is 0.261 e. The third kappa shape index (κ3) is 5.18. The second-order valence-corrected chi connectivity index (χ2v) is 9.56. The molecule has 0 spiro atoms. The molecule has 2 amide bonds. The summed E-state index contributed by atoms with van der Waals surface area (Å²) in [5, 5.41) is 6.37. The maximum absolute atomic E-state index is 13.4. The third-order valence-corrected chi connectivity index (χ3v) is 6.06. The van der Waals surface area contributed by atoms with Crippen molar-refractivity contribution >= 4 is 29.3 Å². The zero-order valence-corrected chi connectivity index (χ0v) is 20.0. The first kappa shape index (κ1) is 23.4. The van der Waals surface area contributed by atoms with Gasteiger partial charge in [0.2, 0.25) is 11.9 Å². The van der Waals surface area contributed by atoms with Crippen molar-refractivity contribution in [3.05, 3.63) is 71.4 Å². The number of pyridine rings is 1. The number of halogens is 1. The van der Waals surface area contributed by atoms with Crippen LogP contribution in [-0.2, 0) is 0 Å². The summed E-state index contributed by atoms with van der Waals surface area (Å²) in [4.78, 5) is 39.0. The molecule has 1 aliphatic heterocycles. The monoisotopic (exact) mass is 484 g/mol. The van der Waals surface area contributed by atoms with Crippen LogP contribution >= 0.6 is 0 Å². The Morgan fingerprint density at radius 3 is 2.50 bits per heavy atom. The van der Waals surface area contributed by atoms with Gasteiger partial charge in [0.15, 0.2) is 0 Å². The van der Waals surface area contributed by atoms with Crippen LogP contribution in [0.5, 0.6) is 0 Å². The highest BCUT2D eigenvalue weighted by atomic mass is 19.1. The van der Waals surface area contributed by atoms with E-state index in [0.717, 1.165) is 12.8 Å². The van der Waals surface area contributed by atoms with Crippen molar-refractivity contribution in [2.45, 2.75) is 39.2 Å². The van der Waals surface area contributed by atoms with Crippen LogP contribution in [0.15, 0.2) is 48.8 Å². The lowest BCUT2D eigenvalue weighted by molar-refractivity contribution is 0.0643. The molecule has 0 unspecified atom stereocenters. The first-order valence-electron chi connectivity index (χ1n) is 11.8. The second kappa shape index (κ2) is 9.38. The van der Waals surface area contributed by atoms with E-state index < -0.39 is 11.4 Å². The van der Waals surface area contributed by atoms with E-state index in [1.807, 2.05) is 13.8 Å². The van der Waals surface area contributed by atoms with Crippen LogP contribution in [0.2, 0.25) is 0 Å². The number of amides is 2. The van der Waals surface area contributed by atoms with Gasteiger partial charge < -0.3 is 10.6 Å². The van der Waals surface area contributed by atoms with Gasteiger partial charge in [0.05, 0.1) is 22.9 Å². The highest BCUT2D eigenvalue weighted by Crippen LogP contribution is 2.28. The molecule has 0 radical (unpaired) electrons. The quantitative estimate of drug-likeness (QED) is 0.291. The summed E-state index contributed by atoms with van der Waals surface area (Å²) < 4.78 is 13.4. The standard InChI is InChI=1S/C27H25FN6O2/c1-27(2,12-14-34-24(35)20-5-3-4-6-21(20)25(34)36)11-9-17-16-30-26(33-23(17)31-18-7-8-18)32-19-10-13-29-22(28)15-19/h3-6,10,13,15-16,18H,7-8,12,14H2,1-2H3,(H2,29,30,31,32,33). The number of hydrogen-bond donors (Lipinski definition) is 2. The van der Waals surface area contributed by atoms with E-state index in [1.165, 1.54) is 17.2 Å². The van der Waals surface area contributed by atoms with Crippen LogP contribution < -0.4 is 10.6 Å². The molecule has 8 nitrogen and oxygen atoms in total. The van der Waals surface area contributed by atoms with Crippen molar-refractivity contribution in [2.24, 2.45) is 5.41 Å². The van der Waals surface area contributed by atoms with E-state index >= 15 is 0 Å². The number of benzene rings is 1. The van der Waals surface area contributed by atoms with Crippen LogP contribution in [0.1, 0.15) is 59.4 Å². The molecule has 9 heteroatoms. The number of aromatic nitrogens is 3. The molecule has 2 N–H and O–H groups in total. The highest BCUT2D eigenvalue weighted by molar-refractivity contribution is 6.21. The summed E-state index contributed by atoms with van der Waals surface area (Å²) in [7, 11) is 0. The van der Waals surface area contributed by atoms with E-state index in [9.17, 15) is 14.0 Å². The first-order chi connectivity index (χ1) is 17.3. The molecule has 1 fully saturated rings. The summed E-state index contributed by atoms with van der Waals surface area (Å²) in [6.07, 6.45) is 5.63. The average Bonchev–Trinajstić information content (AvgIpc) is 3.63. The maximum Gasteiger partial charge on any atom is 0.261 e. The molecule has 1 aromatic carbocycles. The summed E-state index contributed by atoms with van der Waals surface area (Å²) in [5.74, 6) is 6.24. The van der Waals surface area contributed by atoms with E-state index in [4.69, 9.17) is 0 Å². The Labute approximate surface area is 208 Å². The normalized spacial score (nSPS) is 14.8. The van der Waals surface area contributed by atoms with Gasteiger partial charge in [0.1, 0.15) is 5.82 Å². The lowest BCUT2D eigenvalue weighted by Gasteiger charge is -2.21. The fourth-order valence-corrected chi connectivity index (χ4v) is 3.81. The number of anilines is 3. The van der Waals surface area contributed by atoms with Crippen molar-refractivity contribution in [1.82, 2.24) is 19.9 Å². The molecule has 3 heterocycles. The van der Waals surface area contributed by atoms with Crippen molar-refractivity contribution < 1.29 is 14.0 Å². The van der Waals surface area contributed by atoms with Crippen molar-refractivity contribution in [3.63, 3.8) is 0 Å². The van der Waals surface area contributed by atoms with Gasteiger partial charge in [0, 0.05) is 36.0 Å². The Hall–Kier alpha value is -4.32. The number of carbonyl (C=O) groups is 2. The molecular formula is C27H25FN6O2. The van der Waals surface area contributed by atoms with Crippen molar-refractivity contribution in [1.29, 1.82) is 0 Å². The minimum atomic E-state index is -0.595. The van der Waals surface area contributed by atoms with Gasteiger partial charge >= 0.3 is 0 Å². The van der Waals surface area contributed by atoms with Crippen LogP contribution in [0.25, 0.3) is 0 Å². The van der Waals surface area contributed by atoms with Crippen molar-refractivity contribution in [3.8, 4) is 11.8 Å². The number of rotatable bonds is 7. The van der Waals surface area contributed by atoms with E-state index in [-0.39, 0.29) is 18.4 Å². The van der Waals surface area contributed by atoms with Crippen LogP contribution in [0, 0.1) is 23.2 Å². The summed E-state index contributed by atoms with van der Waals surface area (Å²) in [6, 6.07) is 10.1.